The van der Waals surface area contributed by atoms with Gasteiger partial charge in [-0.05, 0) is 43.4 Å². The number of amides is 1. The van der Waals surface area contributed by atoms with Crippen LogP contribution in [0.2, 0.25) is 0 Å². The molecular formula is C24H32N2O4S2. The van der Waals surface area contributed by atoms with Crippen molar-refractivity contribution in [2.24, 2.45) is 5.92 Å². The summed E-state index contributed by atoms with van der Waals surface area (Å²) >= 11 is 1.45. The third-order valence-electron chi connectivity index (χ3n) is 6.05. The van der Waals surface area contributed by atoms with E-state index < -0.39 is 21.7 Å². The largest absolute Gasteiger partial charge is 0.487 e. The van der Waals surface area contributed by atoms with Crippen LogP contribution in [-0.2, 0) is 14.8 Å². The van der Waals surface area contributed by atoms with Crippen molar-refractivity contribution in [3.8, 4) is 5.75 Å². The van der Waals surface area contributed by atoms with Gasteiger partial charge in [0, 0.05) is 22.8 Å². The number of carbonyl (C=O) groups is 1. The van der Waals surface area contributed by atoms with Gasteiger partial charge >= 0.3 is 0 Å². The molecular weight excluding hydrogens is 444 g/mol. The second kappa shape index (κ2) is 9.85. The van der Waals surface area contributed by atoms with Gasteiger partial charge in [0.25, 0.3) is 0 Å². The standard InChI is InChI=1S/C24H32N2O4S2/c1-6-24(7-2)15-20(18-10-8-9-11-21(18)30-24)26-32(28,29)17-12-13-22(31-5)19(14-17)25-23(27)16(3)4/h8-14,16,20,26H,6-7,15H2,1-5H3,(H,25,27). The van der Waals surface area contributed by atoms with Gasteiger partial charge in [-0.25, -0.2) is 13.1 Å². The summed E-state index contributed by atoms with van der Waals surface area (Å²) in [6, 6.07) is 12.0. The van der Waals surface area contributed by atoms with Crippen molar-refractivity contribution in [1.29, 1.82) is 0 Å². The Bertz CT molecular complexity index is 1080. The molecule has 1 amide bonds. The van der Waals surface area contributed by atoms with Crippen molar-refractivity contribution < 1.29 is 17.9 Å². The van der Waals surface area contributed by atoms with Crippen LogP contribution in [-0.4, -0.2) is 26.2 Å². The van der Waals surface area contributed by atoms with E-state index >= 15 is 0 Å². The van der Waals surface area contributed by atoms with Crippen LogP contribution in [0.5, 0.6) is 5.75 Å². The van der Waals surface area contributed by atoms with Gasteiger partial charge in [-0.15, -0.1) is 11.8 Å². The molecule has 0 saturated carbocycles. The quantitative estimate of drug-likeness (QED) is 0.501. The molecule has 2 aromatic rings. The predicted molar refractivity (Wildman–Crippen MR) is 130 cm³/mol. The van der Waals surface area contributed by atoms with Crippen molar-refractivity contribution in [3.63, 3.8) is 0 Å². The third kappa shape index (κ3) is 5.13. The van der Waals surface area contributed by atoms with Crippen LogP contribution in [0.4, 0.5) is 5.69 Å². The summed E-state index contributed by atoms with van der Waals surface area (Å²) in [5.41, 5.74) is 0.922. The molecule has 2 aromatic carbocycles. The zero-order valence-electron chi connectivity index (χ0n) is 19.3. The van der Waals surface area contributed by atoms with Crippen LogP contribution < -0.4 is 14.8 Å². The number of thioether (sulfide) groups is 1. The summed E-state index contributed by atoms with van der Waals surface area (Å²) in [5, 5.41) is 2.85. The maximum atomic E-state index is 13.4. The molecule has 174 valence electrons. The van der Waals surface area contributed by atoms with Gasteiger partial charge in [0.1, 0.15) is 11.4 Å². The minimum Gasteiger partial charge on any atom is -0.487 e. The van der Waals surface area contributed by atoms with Gasteiger partial charge in [-0.2, -0.15) is 0 Å². The maximum absolute atomic E-state index is 13.4. The van der Waals surface area contributed by atoms with Crippen molar-refractivity contribution in [2.75, 3.05) is 11.6 Å². The highest BCUT2D eigenvalue weighted by Crippen LogP contribution is 2.43. The highest BCUT2D eigenvalue weighted by molar-refractivity contribution is 7.98. The monoisotopic (exact) mass is 476 g/mol. The molecule has 1 heterocycles. The summed E-state index contributed by atoms with van der Waals surface area (Å²) < 4.78 is 36.0. The lowest BCUT2D eigenvalue weighted by atomic mass is 9.84. The molecule has 0 radical (unpaired) electrons. The molecule has 0 bridgehead atoms. The number of ether oxygens (including phenoxy) is 1. The molecule has 0 aromatic heterocycles. The first-order valence-corrected chi connectivity index (χ1v) is 13.6. The molecule has 2 N–H and O–H groups in total. The predicted octanol–water partition coefficient (Wildman–Crippen LogP) is 5.36. The lowest BCUT2D eigenvalue weighted by Gasteiger charge is -2.41. The number of hydrogen-bond donors (Lipinski definition) is 2. The van der Waals surface area contributed by atoms with Gasteiger partial charge in [-0.1, -0.05) is 45.9 Å². The molecule has 0 aliphatic carbocycles. The molecule has 0 fully saturated rings. The third-order valence-corrected chi connectivity index (χ3v) is 8.31. The first kappa shape index (κ1) is 24.6. The Hall–Kier alpha value is -2.03. The Kier molecular flexibility index (Phi) is 7.57. The van der Waals surface area contributed by atoms with Crippen molar-refractivity contribution >= 4 is 33.4 Å². The van der Waals surface area contributed by atoms with E-state index in [4.69, 9.17) is 4.74 Å². The van der Waals surface area contributed by atoms with Crippen LogP contribution in [0.25, 0.3) is 0 Å². The Balaban J connectivity index is 1.96. The molecule has 32 heavy (non-hydrogen) atoms. The number of hydrogen-bond acceptors (Lipinski definition) is 5. The SMILES string of the molecule is CCC1(CC)CC(NS(=O)(=O)c2ccc(SC)c(NC(=O)C(C)C)c2)c2ccccc2O1. The molecule has 6 nitrogen and oxygen atoms in total. The summed E-state index contributed by atoms with van der Waals surface area (Å²) in [6.45, 7) is 7.72. The lowest BCUT2D eigenvalue weighted by molar-refractivity contribution is -0.118. The van der Waals surface area contributed by atoms with Gasteiger partial charge < -0.3 is 10.1 Å². The Morgan fingerprint density at radius 1 is 1.19 bits per heavy atom. The zero-order valence-corrected chi connectivity index (χ0v) is 20.9. The molecule has 0 saturated heterocycles. The average Bonchev–Trinajstić information content (AvgIpc) is 2.78. The van der Waals surface area contributed by atoms with E-state index in [0.717, 1.165) is 29.1 Å². The first-order chi connectivity index (χ1) is 15.1. The van der Waals surface area contributed by atoms with Gasteiger partial charge in [0.05, 0.1) is 16.6 Å². The van der Waals surface area contributed by atoms with E-state index in [1.807, 2.05) is 30.5 Å². The second-order valence-electron chi connectivity index (χ2n) is 8.41. The van der Waals surface area contributed by atoms with Gasteiger partial charge in [-0.3, -0.25) is 4.79 Å². The van der Waals surface area contributed by atoms with Crippen LogP contribution in [0.15, 0.2) is 52.3 Å². The number of para-hydroxylation sites is 1. The summed E-state index contributed by atoms with van der Waals surface area (Å²) in [5.74, 6) is 0.354. The van der Waals surface area contributed by atoms with E-state index in [0.29, 0.717) is 12.1 Å². The molecule has 0 spiro atoms. The highest BCUT2D eigenvalue weighted by Gasteiger charge is 2.40. The summed E-state index contributed by atoms with van der Waals surface area (Å²) in [7, 11) is -3.84. The van der Waals surface area contributed by atoms with Crippen LogP contribution in [0.1, 0.15) is 58.6 Å². The van der Waals surface area contributed by atoms with Crippen molar-refractivity contribution in [3.05, 3.63) is 48.0 Å². The molecule has 1 atom stereocenters. The maximum Gasteiger partial charge on any atom is 0.241 e. The lowest BCUT2D eigenvalue weighted by Crippen LogP contribution is -2.44. The smallest absolute Gasteiger partial charge is 0.241 e. The van der Waals surface area contributed by atoms with Gasteiger partial charge in [0.15, 0.2) is 0 Å². The van der Waals surface area contributed by atoms with Crippen LogP contribution in [0.3, 0.4) is 0 Å². The summed E-state index contributed by atoms with van der Waals surface area (Å²) in [4.78, 5) is 13.2. The van der Waals surface area contributed by atoms with E-state index in [1.165, 1.54) is 17.8 Å². The Morgan fingerprint density at radius 2 is 1.88 bits per heavy atom. The molecule has 1 aliphatic rings. The topological polar surface area (TPSA) is 84.5 Å². The van der Waals surface area contributed by atoms with Crippen molar-refractivity contribution in [2.45, 2.75) is 68.4 Å². The first-order valence-electron chi connectivity index (χ1n) is 10.9. The number of nitrogens with one attached hydrogen (secondary N) is 2. The number of sulfonamides is 1. The number of benzene rings is 2. The highest BCUT2D eigenvalue weighted by atomic mass is 32.2. The number of rotatable bonds is 8. The van der Waals surface area contributed by atoms with E-state index in [1.54, 1.807) is 26.0 Å². The van der Waals surface area contributed by atoms with E-state index in [-0.39, 0.29) is 16.7 Å². The van der Waals surface area contributed by atoms with E-state index in [2.05, 4.69) is 23.9 Å². The zero-order chi connectivity index (χ0) is 23.5. The van der Waals surface area contributed by atoms with E-state index in [9.17, 15) is 13.2 Å². The normalized spacial score (nSPS) is 17.5. The average molecular weight is 477 g/mol. The number of anilines is 1. The molecule has 1 unspecified atom stereocenters. The Morgan fingerprint density at radius 3 is 2.50 bits per heavy atom. The Labute approximate surface area is 195 Å². The molecule has 8 heteroatoms. The fourth-order valence-electron chi connectivity index (χ4n) is 3.89. The molecule has 1 aliphatic heterocycles. The van der Waals surface area contributed by atoms with Crippen LogP contribution >= 0.6 is 11.8 Å². The second-order valence-corrected chi connectivity index (χ2v) is 11.0. The number of fused-ring (bicyclic) bond motifs is 1. The van der Waals surface area contributed by atoms with Gasteiger partial charge in [0.2, 0.25) is 15.9 Å². The minimum absolute atomic E-state index is 0.122. The molecule has 3 rings (SSSR count). The summed E-state index contributed by atoms with van der Waals surface area (Å²) in [6.07, 6.45) is 4.00. The van der Waals surface area contributed by atoms with Crippen LogP contribution in [0, 0.1) is 5.92 Å². The fraction of sp³-hybridized carbons (Fsp3) is 0.458. The van der Waals surface area contributed by atoms with Crippen molar-refractivity contribution in [1.82, 2.24) is 4.72 Å². The minimum atomic E-state index is -3.84. The number of carbonyl (C=O) groups excluding carboxylic acids is 1. The fourth-order valence-corrected chi connectivity index (χ4v) is 5.67.